The fraction of sp³-hybridized carbons (Fsp3) is 0.143. The van der Waals surface area contributed by atoms with Gasteiger partial charge in [0.25, 0.3) is 0 Å². The molecule has 0 radical (unpaired) electrons. The Kier molecular flexibility index (Phi) is 3.44. The maximum atomic E-state index is 5.83. The lowest BCUT2D eigenvalue weighted by molar-refractivity contribution is 0.272. The van der Waals surface area contributed by atoms with Gasteiger partial charge in [0, 0.05) is 10.6 Å². The minimum atomic E-state index is -1.23. The van der Waals surface area contributed by atoms with E-state index >= 15 is 0 Å². The summed E-state index contributed by atoms with van der Waals surface area (Å²) in [4.78, 5) is 0. The van der Waals surface area contributed by atoms with E-state index in [-0.39, 0.29) is 0 Å². The van der Waals surface area contributed by atoms with E-state index in [1.54, 1.807) is 24.3 Å². The first kappa shape index (κ1) is 10.3. The summed E-state index contributed by atoms with van der Waals surface area (Å²) in [5.74, 6) is 0. The standard InChI is InChI=1S/C7H7Cl3OSi/c8-6-3-1-5(2-4-6)7(9,10)11-12/h1-4H,12H3. The second-order valence-electron chi connectivity index (χ2n) is 2.23. The third-order valence-corrected chi connectivity index (χ3v) is 3.56. The highest BCUT2D eigenvalue weighted by molar-refractivity contribution is 6.47. The van der Waals surface area contributed by atoms with Crippen molar-refractivity contribution in [1.82, 2.24) is 0 Å². The Balaban J connectivity index is 2.96. The number of halogens is 3. The van der Waals surface area contributed by atoms with Crippen LogP contribution in [0.5, 0.6) is 0 Å². The minimum Gasteiger partial charge on any atom is -0.395 e. The molecule has 0 unspecified atom stereocenters. The zero-order chi connectivity index (χ0) is 9.19. The SMILES string of the molecule is [SiH3]OC(Cl)(Cl)c1ccc(Cl)cc1. The van der Waals surface area contributed by atoms with E-state index in [1.807, 2.05) is 0 Å². The molecule has 0 bridgehead atoms. The van der Waals surface area contributed by atoms with E-state index in [4.69, 9.17) is 39.2 Å². The molecule has 0 aromatic heterocycles. The van der Waals surface area contributed by atoms with Gasteiger partial charge in [-0.3, -0.25) is 0 Å². The summed E-state index contributed by atoms with van der Waals surface area (Å²) in [5.41, 5.74) is 0.699. The van der Waals surface area contributed by atoms with E-state index < -0.39 is 4.52 Å². The van der Waals surface area contributed by atoms with Crippen LogP contribution < -0.4 is 0 Å². The summed E-state index contributed by atoms with van der Waals surface area (Å²) < 4.78 is 3.76. The third-order valence-electron chi connectivity index (χ3n) is 1.44. The Morgan fingerprint density at radius 3 is 2.08 bits per heavy atom. The molecule has 12 heavy (non-hydrogen) atoms. The van der Waals surface area contributed by atoms with Crippen molar-refractivity contribution in [2.24, 2.45) is 0 Å². The van der Waals surface area contributed by atoms with Gasteiger partial charge in [0.05, 0.1) is 0 Å². The molecule has 0 fully saturated rings. The van der Waals surface area contributed by atoms with Crippen LogP contribution in [0.15, 0.2) is 24.3 Å². The lowest BCUT2D eigenvalue weighted by Gasteiger charge is -2.18. The van der Waals surface area contributed by atoms with Crippen LogP contribution >= 0.6 is 34.8 Å². The zero-order valence-corrected chi connectivity index (χ0v) is 10.6. The van der Waals surface area contributed by atoms with Crippen molar-refractivity contribution in [3.05, 3.63) is 34.9 Å². The van der Waals surface area contributed by atoms with Crippen molar-refractivity contribution in [3.8, 4) is 0 Å². The van der Waals surface area contributed by atoms with Crippen molar-refractivity contribution >= 4 is 45.3 Å². The smallest absolute Gasteiger partial charge is 0.234 e. The molecule has 0 heterocycles. The van der Waals surface area contributed by atoms with Crippen LogP contribution in [0.25, 0.3) is 0 Å². The highest BCUT2D eigenvalue weighted by Crippen LogP contribution is 2.34. The number of benzene rings is 1. The average molecular weight is 242 g/mol. The molecule has 0 aliphatic carbocycles. The van der Waals surface area contributed by atoms with Crippen molar-refractivity contribution in [1.29, 1.82) is 0 Å². The molecule has 0 aliphatic rings. The number of hydrogen-bond acceptors (Lipinski definition) is 1. The summed E-state index contributed by atoms with van der Waals surface area (Å²) in [6, 6.07) is 6.91. The van der Waals surface area contributed by atoms with E-state index in [2.05, 4.69) is 0 Å². The molecular formula is C7H7Cl3OSi. The number of rotatable bonds is 2. The van der Waals surface area contributed by atoms with Crippen LogP contribution in [-0.2, 0) is 8.95 Å². The highest BCUT2D eigenvalue weighted by atomic mass is 35.5. The molecule has 0 spiro atoms. The maximum absolute atomic E-state index is 5.83. The van der Waals surface area contributed by atoms with E-state index in [0.717, 1.165) is 0 Å². The molecular weight excluding hydrogens is 235 g/mol. The lowest BCUT2D eigenvalue weighted by Crippen LogP contribution is -2.12. The summed E-state index contributed by atoms with van der Waals surface area (Å²) in [7, 11) is 0.483. The lowest BCUT2D eigenvalue weighted by atomic mass is 10.2. The first-order chi connectivity index (χ1) is 5.56. The van der Waals surface area contributed by atoms with Gasteiger partial charge < -0.3 is 4.43 Å². The van der Waals surface area contributed by atoms with Gasteiger partial charge in [-0.1, -0.05) is 46.9 Å². The second kappa shape index (κ2) is 3.98. The Morgan fingerprint density at radius 2 is 1.67 bits per heavy atom. The van der Waals surface area contributed by atoms with Gasteiger partial charge in [-0.2, -0.15) is 0 Å². The molecule has 0 amide bonds. The van der Waals surface area contributed by atoms with Crippen LogP contribution in [-0.4, -0.2) is 10.5 Å². The van der Waals surface area contributed by atoms with Crippen molar-refractivity contribution < 1.29 is 4.43 Å². The first-order valence-electron chi connectivity index (χ1n) is 3.25. The van der Waals surface area contributed by atoms with E-state index in [1.165, 1.54) is 0 Å². The molecule has 5 heteroatoms. The fourth-order valence-electron chi connectivity index (χ4n) is 0.762. The van der Waals surface area contributed by atoms with Crippen molar-refractivity contribution in [2.75, 3.05) is 0 Å². The van der Waals surface area contributed by atoms with Crippen LogP contribution in [0, 0.1) is 0 Å². The van der Waals surface area contributed by atoms with Gasteiger partial charge in [-0.05, 0) is 12.1 Å². The van der Waals surface area contributed by atoms with Crippen LogP contribution in [0.3, 0.4) is 0 Å². The topological polar surface area (TPSA) is 9.23 Å². The Labute approximate surface area is 89.1 Å². The maximum Gasteiger partial charge on any atom is 0.234 e. The van der Waals surface area contributed by atoms with Gasteiger partial charge >= 0.3 is 0 Å². The molecule has 0 saturated carbocycles. The molecule has 0 N–H and O–H groups in total. The minimum absolute atomic E-state index is 0.483. The molecule has 0 atom stereocenters. The third kappa shape index (κ3) is 2.38. The van der Waals surface area contributed by atoms with Gasteiger partial charge in [0.1, 0.15) is 10.5 Å². The average Bonchev–Trinajstić information content (AvgIpc) is 2.05. The van der Waals surface area contributed by atoms with E-state index in [9.17, 15) is 0 Å². The Morgan fingerprint density at radius 1 is 1.17 bits per heavy atom. The van der Waals surface area contributed by atoms with Gasteiger partial charge in [-0.15, -0.1) is 0 Å². The van der Waals surface area contributed by atoms with Gasteiger partial charge in [0.2, 0.25) is 4.52 Å². The molecule has 66 valence electrons. The highest BCUT2D eigenvalue weighted by Gasteiger charge is 2.24. The molecule has 1 aromatic rings. The summed E-state index contributed by atoms with van der Waals surface area (Å²) in [6.07, 6.45) is 0. The van der Waals surface area contributed by atoms with Crippen LogP contribution in [0.4, 0.5) is 0 Å². The predicted octanol–water partition coefficient (Wildman–Crippen LogP) is 2.22. The zero-order valence-electron chi connectivity index (χ0n) is 6.35. The number of alkyl halides is 2. The summed E-state index contributed by atoms with van der Waals surface area (Å²) >= 11 is 17.4. The first-order valence-corrected chi connectivity index (χ1v) is 5.20. The Bertz CT molecular complexity index is 260. The van der Waals surface area contributed by atoms with Crippen molar-refractivity contribution in [2.45, 2.75) is 4.52 Å². The van der Waals surface area contributed by atoms with Gasteiger partial charge in [0.15, 0.2) is 0 Å². The second-order valence-corrected chi connectivity index (χ2v) is 4.33. The summed E-state index contributed by atoms with van der Waals surface area (Å²) in [5, 5.41) is 0.649. The molecule has 1 aromatic carbocycles. The number of hydrogen-bond donors (Lipinski definition) is 0. The van der Waals surface area contributed by atoms with Gasteiger partial charge in [-0.25, -0.2) is 0 Å². The molecule has 0 saturated heterocycles. The monoisotopic (exact) mass is 240 g/mol. The normalized spacial score (nSPS) is 11.9. The summed E-state index contributed by atoms with van der Waals surface area (Å²) in [6.45, 7) is 0. The van der Waals surface area contributed by atoms with Crippen LogP contribution in [0.2, 0.25) is 5.02 Å². The fourth-order valence-corrected chi connectivity index (χ4v) is 1.38. The largest absolute Gasteiger partial charge is 0.395 e. The Hall–Kier alpha value is 0.267. The molecule has 1 nitrogen and oxygen atoms in total. The molecule has 0 aliphatic heterocycles. The van der Waals surface area contributed by atoms with E-state index in [0.29, 0.717) is 21.1 Å². The quantitative estimate of drug-likeness (QED) is 0.570. The van der Waals surface area contributed by atoms with Crippen molar-refractivity contribution in [3.63, 3.8) is 0 Å². The van der Waals surface area contributed by atoms with Crippen LogP contribution in [0.1, 0.15) is 5.56 Å². The predicted molar refractivity (Wildman–Crippen MR) is 55.9 cm³/mol. The molecule has 1 rings (SSSR count).